The molecule has 0 aromatic carbocycles. The number of carbonyl (C=O) groups excluding carboxylic acids is 1. The standard InChI is InChI=1S/C8H9O2/c9-8-6-2-4-1-5(6)7(3-4)10-8/h3-7H,1-2H2. The Kier molecular flexibility index (Phi) is 0.715. The van der Waals surface area contributed by atoms with Crippen molar-refractivity contribution in [1.82, 2.24) is 0 Å². The van der Waals surface area contributed by atoms with E-state index in [2.05, 4.69) is 6.42 Å². The molecule has 4 unspecified atom stereocenters. The highest BCUT2D eigenvalue weighted by atomic mass is 16.6. The molecule has 4 atom stereocenters. The molecule has 2 saturated carbocycles. The summed E-state index contributed by atoms with van der Waals surface area (Å²) in [7, 11) is 0. The Labute approximate surface area is 59.6 Å². The summed E-state index contributed by atoms with van der Waals surface area (Å²) in [6, 6.07) is 0. The van der Waals surface area contributed by atoms with Crippen LogP contribution in [-0.4, -0.2) is 12.1 Å². The van der Waals surface area contributed by atoms with Gasteiger partial charge in [-0.05, 0) is 18.8 Å². The maximum Gasteiger partial charge on any atom is 0.309 e. The number of carbonyl (C=O) groups is 1. The van der Waals surface area contributed by atoms with E-state index < -0.39 is 0 Å². The fourth-order valence-corrected chi connectivity index (χ4v) is 2.66. The molecule has 1 saturated heterocycles. The largest absolute Gasteiger partial charge is 0.462 e. The normalized spacial score (nSPS) is 55.8. The van der Waals surface area contributed by atoms with Gasteiger partial charge in [-0.15, -0.1) is 0 Å². The molecule has 1 aliphatic heterocycles. The van der Waals surface area contributed by atoms with Gasteiger partial charge < -0.3 is 4.74 Å². The van der Waals surface area contributed by atoms with Crippen LogP contribution < -0.4 is 0 Å². The van der Waals surface area contributed by atoms with E-state index >= 15 is 0 Å². The highest BCUT2D eigenvalue weighted by molar-refractivity contribution is 5.77. The van der Waals surface area contributed by atoms with Crippen LogP contribution >= 0.6 is 0 Å². The Morgan fingerprint density at radius 3 is 3.00 bits per heavy atom. The van der Waals surface area contributed by atoms with Crippen LogP contribution in [-0.2, 0) is 9.53 Å². The van der Waals surface area contributed by atoms with Gasteiger partial charge in [0.2, 0.25) is 0 Å². The topological polar surface area (TPSA) is 26.3 Å². The van der Waals surface area contributed by atoms with E-state index in [9.17, 15) is 4.79 Å². The lowest BCUT2D eigenvalue weighted by Gasteiger charge is -2.11. The Hall–Kier alpha value is -0.530. The van der Waals surface area contributed by atoms with Gasteiger partial charge in [-0.1, -0.05) is 0 Å². The minimum Gasteiger partial charge on any atom is -0.462 e. The number of fused-ring (bicyclic) bond motifs is 1. The zero-order chi connectivity index (χ0) is 6.72. The van der Waals surface area contributed by atoms with E-state index in [-0.39, 0.29) is 18.0 Å². The van der Waals surface area contributed by atoms with Crippen molar-refractivity contribution >= 4 is 5.97 Å². The first-order valence-corrected chi connectivity index (χ1v) is 3.90. The lowest BCUT2D eigenvalue weighted by molar-refractivity contribution is -0.142. The number of rotatable bonds is 0. The van der Waals surface area contributed by atoms with Crippen molar-refractivity contribution in [3.63, 3.8) is 0 Å². The Bertz CT molecular complexity index is 197. The van der Waals surface area contributed by atoms with Crippen molar-refractivity contribution < 1.29 is 9.53 Å². The first-order valence-electron chi connectivity index (χ1n) is 3.90. The molecule has 3 rings (SSSR count). The molecular formula is C8H9O2. The van der Waals surface area contributed by atoms with Gasteiger partial charge in [0, 0.05) is 12.3 Å². The maximum atomic E-state index is 11.1. The zero-order valence-corrected chi connectivity index (χ0v) is 5.62. The third kappa shape index (κ3) is 0.414. The van der Waals surface area contributed by atoms with Crippen LogP contribution in [0.4, 0.5) is 0 Å². The summed E-state index contributed by atoms with van der Waals surface area (Å²) in [5.74, 6) is 1.61. The van der Waals surface area contributed by atoms with Crippen molar-refractivity contribution in [2.75, 3.05) is 0 Å². The number of esters is 1. The van der Waals surface area contributed by atoms with Gasteiger partial charge in [0.05, 0.1) is 5.92 Å². The van der Waals surface area contributed by atoms with Crippen LogP contribution in [0.3, 0.4) is 0 Å². The van der Waals surface area contributed by atoms with Crippen LogP contribution in [0.15, 0.2) is 0 Å². The third-order valence-corrected chi connectivity index (χ3v) is 3.09. The Morgan fingerprint density at radius 2 is 2.40 bits per heavy atom. The van der Waals surface area contributed by atoms with Gasteiger partial charge in [-0.3, -0.25) is 4.79 Å². The van der Waals surface area contributed by atoms with Crippen LogP contribution in [0, 0.1) is 24.2 Å². The average molecular weight is 137 g/mol. The lowest BCUT2D eigenvalue weighted by Crippen LogP contribution is -2.16. The first kappa shape index (κ1) is 5.16. The number of hydrogen-bond acceptors (Lipinski definition) is 2. The lowest BCUT2D eigenvalue weighted by atomic mass is 9.90. The fraction of sp³-hybridized carbons (Fsp3) is 0.750. The maximum absolute atomic E-state index is 11.1. The smallest absolute Gasteiger partial charge is 0.309 e. The van der Waals surface area contributed by atoms with E-state index in [1.165, 1.54) is 6.42 Å². The van der Waals surface area contributed by atoms with Crippen molar-refractivity contribution in [2.45, 2.75) is 18.9 Å². The minimum atomic E-state index is 0.0613. The van der Waals surface area contributed by atoms with Crippen LogP contribution in [0.2, 0.25) is 0 Å². The molecule has 3 aliphatic rings. The number of hydrogen-bond donors (Lipinski definition) is 0. The predicted octanol–water partition coefficient (Wildman–Crippen LogP) is 0.772. The highest BCUT2D eigenvalue weighted by Crippen LogP contribution is 2.53. The van der Waals surface area contributed by atoms with E-state index in [0.29, 0.717) is 11.8 Å². The predicted molar refractivity (Wildman–Crippen MR) is 33.9 cm³/mol. The third-order valence-electron chi connectivity index (χ3n) is 3.09. The first-order chi connectivity index (χ1) is 4.84. The van der Waals surface area contributed by atoms with Crippen molar-refractivity contribution in [1.29, 1.82) is 0 Å². The summed E-state index contributed by atoms with van der Waals surface area (Å²) in [6.07, 6.45) is 4.70. The SMILES string of the molecule is O=C1OC2[CH]C3CC1C2C3. The zero-order valence-electron chi connectivity index (χ0n) is 5.62. The van der Waals surface area contributed by atoms with E-state index in [0.717, 1.165) is 6.42 Å². The molecule has 2 aliphatic carbocycles. The molecule has 2 bridgehead atoms. The molecule has 2 nitrogen and oxygen atoms in total. The molecule has 0 amide bonds. The van der Waals surface area contributed by atoms with Gasteiger partial charge >= 0.3 is 5.97 Å². The molecule has 10 heavy (non-hydrogen) atoms. The molecule has 3 fully saturated rings. The summed E-state index contributed by atoms with van der Waals surface area (Å²) in [5.41, 5.74) is 0. The summed E-state index contributed by atoms with van der Waals surface area (Å²) in [5, 5.41) is 0. The molecule has 2 heteroatoms. The van der Waals surface area contributed by atoms with E-state index in [4.69, 9.17) is 4.74 Å². The molecule has 1 heterocycles. The summed E-state index contributed by atoms with van der Waals surface area (Å²) < 4.78 is 5.14. The van der Waals surface area contributed by atoms with Crippen LogP contribution in [0.5, 0.6) is 0 Å². The Balaban J connectivity index is 2.05. The average Bonchev–Trinajstić information content (AvgIpc) is 2.44. The van der Waals surface area contributed by atoms with Gasteiger partial charge in [0.15, 0.2) is 0 Å². The highest BCUT2D eigenvalue weighted by Gasteiger charge is 2.56. The second-order valence-electron chi connectivity index (χ2n) is 3.60. The second kappa shape index (κ2) is 1.39. The monoisotopic (exact) mass is 137 g/mol. The van der Waals surface area contributed by atoms with Crippen LogP contribution in [0.1, 0.15) is 12.8 Å². The van der Waals surface area contributed by atoms with Gasteiger partial charge in [-0.2, -0.15) is 0 Å². The van der Waals surface area contributed by atoms with Crippen LogP contribution in [0.25, 0.3) is 0 Å². The molecule has 0 aromatic heterocycles. The van der Waals surface area contributed by atoms with Gasteiger partial charge in [0.25, 0.3) is 0 Å². The van der Waals surface area contributed by atoms with Crippen molar-refractivity contribution in [3.8, 4) is 0 Å². The number of ether oxygens (including phenoxy) is 1. The Morgan fingerprint density at radius 1 is 1.50 bits per heavy atom. The van der Waals surface area contributed by atoms with Crippen molar-refractivity contribution in [3.05, 3.63) is 6.42 Å². The molecule has 0 spiro atoms. The van der Waals surface area contributed by atoms with Gasteiger partial charge in [0.1, 0.15) is 6.10 Å². The van der Waals surface area contributed by atoms with Crippen molar-refractivity contribution in [2.24, 2.45) is 17.8 Å². The second-order valence-corrected chi connectivity index (χ2v) is 3.60. The molecule has 53 valence electrons. The summed E-state index contributed by atoms with van der Waals surface area (Å²) in [4.78, 5) is 11.1. The quantitative estimate of drug-likeness (QED) is 0.461. The molecule has 0 N–H and O–H groups in total. The van der Waals surface area contributed by atoms with E-state index in [1.54, 1.807) is 0 Å². The molecule has 0 aromatic rings. The fourth-order valence-electron chi connectivity index (χ4n) is 2.66. The van der Waals surface area contributed by atoms with E-state index in [1.807, 2.05) is 0 Å². The summed E-state index contributed by atoms with van der Waals surface area (Å²) in [6.45, 7) is 0. The van der Waals surface area contributed by atoms with Gasteiger partial charge in [-0.25, -0.2) is 0 Å². The molecular weight excluding hydrogens is 128 g/mol. The molecule has 1 radical (unpaired) electrons. The minimum absolute atomic E-state index is 0.0613. The summed E-state index contributed by atoms with van der Waals surface area (Å²) >= 11 is 0.